The summed E-state index contributed by atoms with van der Waals surface area (Å²) in [5.41, 5.74) is 0.362. The lowest BCUT2D eigenvalue weighted by atomic mass is 10.2. The zero-order valence-corrected chi connectivity index (χ0v) is 16.8. The molecule has 0 spiro atoms. The van der Waals surface area contributed by atoms with E-state index in [0.717, 1.165) is 0 Å². The van der Waals surface area contributed by atoms with E-state index in [4.69, 9.17) is 4.74 Å². The summed E-state index contributed by atoms with van der Waals surface area (Å²) in [7, 11) is 0. The highest BCUT2D eigenvalue weighted by Gasteiger charge is 2.22. The van der Waals surface area contributed by atoms with Crippen molar-refractivity contribution < 1.29 is 18.7 Å². The molecule has 160 valence electrons. The van der Waals surface area contributed by atoms with Gasteiger partial charge < -0.3 is 25.2 Å². The fraction of sp³-hybridized carbons (Fsp3) is 0.400. The van der Waals surface area contributed by atoms with Crippen LogP contribution < -0.4 is 20.3 Å². The van der Waals surface area contributed by atoms with Crippen molar-refractivity contribution in [1.82, 2.24) is 20.2 Å². The van der Waals surface area contributed by atoms with Crippen molar-refractivity contribution in [2.24, 2.45) is 0 Å². The van der Waals surface area contributed by atoms with Crippen LogP contribution in [0.4, 0.5) is 20.8 Å². The largest absolute Gasteiger partial charge is 0.492 e. The van der Waals surface area contributed by atoms with Gasteiger partial charge in [-0.15, -0.1) is 0 Å². The topological polar surface area (TPSA) is 99.7 Å². The summed E-state index contributed by atoms with van der Waals surface area (Å²) in [4.78, 5) is 36.8. The maximum atomic E-state index is 13.3. The van der Waals surface area contributed by atoms with Crippen molar-refractivity contribution in [2.45, 2.75) is 13.3 Å². The number of halogens is 1. The Balaban J connectivity index is 1.40. The number of urea groups is 1. The Labute approximate surface area is 174 Å². The molecule has 0 aliphatic carbocycles. The highest BCUT2D eigenvalue weighted by atomic mass is 19.1. The molecule has 1 aliphatic heterocycles. The third-order valence-corrected chi connectivity index (χ3v) is 4.58. The van der Waals surface area contributed by atoms with Crippen LogP contribution in [0.25, 0.3) is 0 Å². The Morgan fingerprint density at radius 1 is 1.17 bits per heavy atom. The Kier molecular flexibility index (Phi) is 7.36. The maximum Gasteiger partial charge on any atom is 0.319 e. The first-order valence-corrected chi connectivity index (χ1v) is 9.83. The van der Waals surface area contributed by atoms with E-state index in [1.54, 1.807) is 30.3 Å². The number of piperazine rings is 1. The minimum atomic E-state index is -0.485. The van der Waals surface area contributed by atoms with Crippen molar-refractivity contribution in [3.8, 4) is 5.75 Å². The smallest absolute Gasteiger partial charge is 0.319 e. The van der Waals surface area contributed by atoms with Gasteiger partial charge in [-0.25, -0.2) is 19.2 Å². The van der Waals surface area contributed by atoms with E-state index >= 15 is 0 Å². The number of hydrogen-bond acceptors (Lipinski definition) is 6. The summed E-state index contributed by atoms with van der Waals surface area (Å²) in [5.74, 6) is 0.439. The fourth-order valence-corrected chi connectivity index (χ4v) is 3.09. The van der Waals surface area contributed by atoms with Crippen LogP contribution in [0.1, 0.15) is 13.3 Å². The lowest BCUT2D eigenvalue weighted by molar-refractivity contribution is -0.131. The number of benzene rings is 1. The van der Waals surface area contributed by atoms with E-state index in [-0.39, 0.29) is 24.6 Å². The molecule has 1 saturated heterocycles. The third-order valence-electron chi connectivity index (χ3n) is 4.58. The van der Waals surface area contributed by atoms with E-state index in [9.17, 15) is 14.0 Å². The van der Waals surface area contributed by atoms with Gasteiger partial charge in [0, 0.05) is 57.6 Å². The molecule has 1 aliphatic rings. The van der Waals surface area contributed by atoms with Crippen molar-refractivity contribution in [2.75, 3.05) is 49.5 Å². The molecule has 30 heavy (non-hydrogen) atoms. The van der Waals surface area contributed by atoms with Gasteiger partial charge in [-0.05, 0) is 25.1 Å². The number of rotatable bonds is 7. The van der Waals surface area contributed by atoms with Gasteiger partial charge in [-0.2, -0.15) is 0 Å². The molecule has 2 heterocycles. The number of anilines is 2. The van der Waals surface area contributed by atoms with Crippen molar-refractivity contribution in [3.05, 3.63) is 42.5 Å². The molecule has 3 amide bonds. The van der Waals surface area contributed by atoms with Crippen molar-refractivity contribution in [1.29, 1.82) is 0 Å². The summed E-state index contributed by atoms with van der Waals surface area (Å²) in [5, 5.41) is 5.26. The fourth-order valence-electron chi connectivity index (χ4n) is 3.09. The highest BCUT2D eigenvalue weighted by molar-refractivity contribution is 5.91. The van der Waals surface area contributed by atoms with E-state index in [0.29, 0.717) is 44.4 Å². The molecule has 0 bridgehead atoms. The van der Waals surface area contributed by atoms with Gasteiger partial charge in [0.05, 0.1) is 12.3 Å². The quantitative estimate of drug-likeness (QED) is 0.715. The molecule has 1 aromatic heterocycles. The number of ether oxygens (including phenoxy) is 1. The second-order valence-electron chi connectivity index (χ2n) is 6.62. The maximum absolute atomic E-state index is 13.3. The first-order valence-electron chi connectivity index (χ1n) is 9.83. The molecular formula is C20H25FN6O3. The molecule has 2 N–H and O–H groups in total. The Morgan fingerprint density at radius 2 is 1.90 bits per heavy atom. The summed E-state index contributed by atoms with van der Waals surface area (Å²) in [6.07, 6.45) is 3.58. The molecule has 0 unspecified atom stereocenters. The minimum absolute atomic E-state index is 0.0271. The predicted molar refractivity (Wildman–Crippen MR) is 110 cm³/mol. The van der Waals surface area contributed by atoms with Gasteiger partial charge in [0.25, 0.3) is 0 Å². The lowest BCUT2D eigenvalue weighted by Crippen LogP contribution is -2.49. The molecule has 10 heteroatoms. The SMILES string of the molecule is CCOc1cc(F)ccc1NC(=O)NCCC(=O)N1CCN(c2ncccn2)CC1. The van der Waals surface area contributed by atoms with Crippen molar-refractivity contribution in [3.63, 3.8) is 0 Å². The molecule has 0 radical (unpaired) electrons. The van der Waals surface area contributed by atoms with Gasteiger partial charge in [0.15, 0.2) is 0 Å². The average molecular weight is 416 g/mol. The third kappa shape index (κ3) is 5.79. The number of aromatic nitrogens is 2. The Hall–Kier alpha value is -3.43. The monoisotopic (exact) mass is 416 g/mol. The van der Waals surface area contributed by atoms with E-state index < -0.39 is 11.8 Å². The minimum Gasteiger partial charge on any atom is -0.492 e. The summed E-state index contributed by atoms with van der Waals surface area (Å²) >= 11 is 0. The first kappa shape index (κ1) is 21.3. The number of hydrogen-bond donors (Lipinski definition) is 2. The molecule has 1 aromatic carbocycles. The van der Waals surface area contributed by atoms with Gasteiger partial charge in [0.1, 0.15) is 11.6 Å². The molecule has 1 fully saturated rings. The van der Waals surface area contributed by atoms with E-state index in [1.807, 2.05) is 4.90 Å². The predicted octanol–water partition coefficient (Wildman–Crippen LogP) is 1.87. The number of amides is 3. The average Bonchev–Trinajstić information content (AvgIpc) is 2.76. The van der Waals surface area contributed by atoms with Crippen LogP contribution in [0, 0.1) is 5.82 Å². The zero-order valence-electron chi connectivity index (χ0n) is 16.8. The van der Waals surface area contributed by atoms with Crippen LogP contribution in [0.5, 0.6) is 5.75 Å². The van der Waals surface area contributed by atoms with Gasteiger partial charge in [-0.3, -0.25) is 4.79 Å². The molecule has 0 atom stereocenters. The first-order chi connectivity index (χ1) is 14.6. The van der Waals surface area contributed by atoms with Crippen LogP contribution >= 0.6 is 0 Å². The highest BCUT2D eigenvalue weighted by Crippen LogP contribution is 2.25. The number of nitrogens with zero attached hydrogens (tertiary/aromatic N) is 4. The van der Waals surface area contributed by atoms with Crippen LogP contribution in [-0.4, -0.2) is 66.1 Å². The second-order valence-corrected chi connectivity index (χ2v) is 6.62. The van der Waals surface area contributed by atoms with E-state index in [1.165, 1.54) is 18.2 Å². The van der Waals surface area contributed by atoms with Gasteiger partial charge >= 0.3 is 6.03 Å². The van der Waals surface area contributed by atoms with Crippen molar-refractivity contribution >= 4 is 23.6 Å². The molecule has 0 saturated carbocycles. The van der Waals surface area contributed by atoms with Gasteiger partial charge in [-0.1, -0.05) is 0 Å². The Morgan fingerprint density at radius 3 is 2.60 bits per heavy atom. The summed E-state index contributed by atoms with van der Waals surface area (Å²) in [6.45, 7) is 4.79. The van der Waals surface area contributed by atoms with Crippen LogP contribution in [0.15, 0.2) is 36.7 Å². The van der Waals surface area contributed by atoms with Gasteiger partial charge in [0.2, 0.25) is 11.9 Å². The number of carbonyl (C=O) groups excluding carboxylic acids is 2. The molecule has 9 nitrogen and oxygen atoms in total. The van der Waals surface area contributed by atoms with Crippen LogP contribution in [-0.2, 0) is 4.79 Å². The summed E-state index contributed by atoms with van der Waals surface area (Å²) < 4.78 is 18.7. The Bertz CT molecular complexity index is 859. The second kappa shape index (κ2) is 10.4. The summed E-state index contributed by atoms with van der Waals surface area (Å²) in [6, 6.07) is 5.16. The molecule has 3 rings (SSSR count). The number of carbonyl (C=O) groups is 2. The number of nitrogens with one attached hydrogen (secondary N) is 2. The molecular weight excluding hydrogens is 391 g/mol. The van der Waals surface area contributed by atoms with Crippen LogP contribution in [0.3, 0.4) is 0 Å². The zero-order chi connectivity index (χ0) is 21.3. The normalized spacial score (nSPS) is 13.7. The lowest BCUT2D eigenvalue weighted by Gasteiger charge is -2.34. The van der Waals surface area contributed by atoms with E-state index in [2.05, 4.69) is 20.6 Å². The van der Waals surface area contributed by atoms with Crippen LogP contribution in [0.2, 0.25) is 0 Å². The standard InChI is InChI=1S/C20H25FN6O3/c1-2-30-17-14-15(21)4-5-16(17)25-20(29)24-9-6-18(28)26-10-12-27(13-11-26)19-22-7-3-8-23-19/h3-5,7-8,14H,2,6,9-13H2,1H3,(H2,24,25,29). The molecule has 2 aromatic rings.